The number of alkyl halides is 3. The molecule has 0 bridgehead atoms. The van der Waals surface area contributed by atoms with Crippen LogP contribution in [0.1, 0.15) is 57.6 Å². The van der Waals surface area contributed by atoms with Gasteiger partial charge in [-0.15, -0.1) is 0 Å². The molecule has 0 aromatic heterocycles. The summed E-state index contributed by atoms with van der Waals surface area (Å²) >= 11 is 0. The Morgan fingerprint density at radius 1 is 1.14 bits per heavy atom. The van der Waals surface area contributed by atoms with E-state index in [4.69, 9.17) is 4.74 Å². The molecule has 0 aliphatic carbocycles. The van der Waals surface area contributed by atoms with Crippen LogP contribution in [0.4, 0.5) is 13.2 Å². The number of hydrogen-bond donors (Lipinski definition) is 1. The SMILES string of the molecule is CN[C@H]1CCCCCN([C@@H](Cc2ccc(C(F)(F)F)cc2)C(=O)N(C)CC(=O)OC(C)(C)C)C1=O. The number of nitrogens with one attached hydrogen (secondary N) is 1. The third-order valence-electron chi connectivity index (χ3n) is 5.86. The molecule has 1 aliphatic heterocycles. The number of likely N-dealkylation sites (tertiary alicyclic amines) is 1. The number of ether oxygens (including phenoxy) is 1. The normalized spacial score (nSPS) is 18.5. The lowest BCUT2D eigenvalue weighted by Crippen LogP contribution is -2.57. The fourth-order valence-electron chi connectivity index (χ4n) is 4.10. The minimum Gasteiger partial charge on any atom is -0.459 e. The highest BCUT2D eigenvalue weighted by Gasteiger charge is 2.36. The molecular weight excluding hydrogens is 463 g/mol. The number of halogens is 3. The summed E-state index contributed by atoms with van der Waals surface area (Å²) in [4.78, 5) is 41.9. The van der Waals surface area contributed by atoms with Crippen molar-refractivity contribution in [2.75, 3.05) is 27.2 Å². The van der Waals surface area contributed by atoms with E-state index in [0.717, 1.165) is 25.0 Å². The Kier molecular flexibility index (Phi) is 9.71. The molecule has 1 heterocycles. The van der Waals surface area contributed by atoms with E-state index >= 15 is 0 Å². The number of esters is 1. The molecule has 1 aliphatic rings. The van der Waals surface area contributed by atoms with Gasteiger partial charge in [0.15, 0.2) is 0 Å². The van der Waals surface area contributed by atoms with Gasteiger partial charge in [-0.3, -0.25) is 14.4 Å². The van der Waals surface area contributed by atoms with Crippen molar-refractivity contribution in [3.05, 3.63) is 35.4 Å². The quantitative estimate of drug-likeness (QED) is 0.582. The van der Waals surface area contributed by atoms with Crippen molar-refractivity contribution in [3.63, 3.8) is 0 Å². The zero-order valence-corrected chi connectivity index (χ0v) is 21.1. The van der Waals surface area contributed by atoms with Gasteiger partial charge in [0.25, 0.3) is 0 Å². The molecule has 0 radical (unpaired) electrons. The van der Waals surface area contributed by atoms with E-state index in [1.54, 1.807) is 27.8 Å². The van der Waals surface area contributed by atoms with Crippen molar-refractivity contribution in [2.45, 2.75) is 76.7 Å². The molecule has 0 saturated carbocycles. The highest BCUT2D eigenvalue weighted by atomic mass is 19.4. The van der Waals surface area contributed by atoms with Gasteiger partial charge in [-0.1, -0.05) is 25.0 Å². The van der Waals surface area contributed by atoms with Crippen molar-refractivity contribution >= 4 is 17.8 Å². The number of carbonyl (C=O) groups is 3. The van der Waals surface area contributed by atoms with Gasteiger partial charge in [-0.05, 0) is 58.4 Å². The zero-order chi connectivity index (χ0) is 26.4. The first-order valence-corrected chi connectivity index (χ1v) is 11.8. The van der Waals surface area contributed by atoms with Crippen LogP contribution in [-0.2, 0) is 31.7 Å². The monoisotopic (exact) mass is 499 g/mol. The number of nitrogens with zero attached hydrogens (tertiary/aromatic N) is 2. The third-order valence-corrected chi connectivity index (χ3v) is 5.86. The van der Waals surface area contributed by atoms with Crippen LogP contribution < -0.4 is 5.32 Å². The molecule has 1 N–H and O–H groups in total. The number of benzene rings is 1. The number of hydrogen-bond acceptors (Lipinski definition) is 5. The average Bonchev–Trinajstić information content (AvgIpc) is 2.73. The van der Waals surface area contributed by atoms with Gasteiger partial charge >= 0.3 is 12.1 Å². The van der Waals surface area contributed by atoms with Crippen LogP contribution in [-0.4, -0.2) is 72.5 Å². The first-order chi connectivity index (χ1) is 16.2. The standard InChI is InChI=1S/C25H36F3N3O4/c1-24(2,3)35-21(32)16-30(5)23(34)20(15-17-10-12-18(13-11-17)25(26,27)28)31-14-8-6-7-9-19(29-4)22(31)33/h10-13,19-20,29H,6-9,14-16H2,1-5H3/t19-,20-/m0/s1. The molecule has 196 valence electrons. The average molecular weight is 500 g/mol. The van der Waals surface area contributed by atoms with Gasteiger partial charge in [-0.2, -0.15) is 13.2 Å². The highest BCUT2D eigenvalue weighted by molar-refractivity contribution is 5.91. The Morgan fingerprint density at radius 2 is 1.77 bits per heavy atom. The summed E-state index contributed by atoms with van der Waals surface area (Å²) in [6, 6.07) is 3.14. The Balaban J connectivity index is 2.34. The molecule has 1 aromatic rings. The van der Waals surface area contributed by atoms with Crippen molar-refractivity contribution in [3.8, 4) is 0 Å². The van der Waals surface area contributed by atoms with Gasteiger partial charge in [0, 0.05) is 20.0 Å². The Labute approximate surface area is 205 Å². The summed E-state index contributed by atoms with van der Waals surface area (Å²) < 4.78 is 44.3. The number of rotatable bonds is 7. The lowest BCUT2D eigenvalue weighted by molar-refractivity contribution is -0.159. The number of carbonyl (C=O) groups excluding carboxylic acids is 3. The first-order valence-electron chi connectivity index (χ1n) is 11.8. The van der Waals surface area contributed by atoms with Gasteiger partial charge in [-0.25, -0.2) is 0 Å². The maximum absolute atomic E-state index is 13.5. The van der Waals surface area contributed by atoms with Crippen molar-refractivity contribution in [1.29, 1.82) is 0 Å². The molecule has 2 amide bonds. The van der Waals surface area contributed by atoms with Crippen molar-refractivity contribution < 1.29 is 32.3 Å². The Hall–Kier alpha value is -2.62. The van der Waals surface area contributed by atoms with Gasteiger partial charge in [0.05, 0.1) is 11.6 Å². The molecule has 1 saturated heterocycles. The largest absolute Gasteiger partial charge is 0.459 e. The van der Waals surface area contributed by atoms with E-state index in [-0.39, 0.29) is 18.9 Å². The molecule has 0 unspecified atom stereocenters. The maximum atomic E-state index is 13.5. The molecular formula is C25H36F3N3O4. The van der Waals surface area contributed by atoms with Crippen molar-refractivity contribution in [1.82, 2.24) is 15.1 Å². The second-order valence-corrected chi connectivity index (χ2v) is 9.92. The van der Waals surface area contributed by atoms with Crippen LogP contribution >= 0.6 is 0 Å². The van der Waals surface area contributed by atoms with Crippen molar-refractivity contribution in [2.24, 2.45) is 0 Å². The maximum Gasteiger partial charge on any atom is 0.416 e. The summed E-state index contributed by atoms with van der Waals surface area (Å²) in [7, 11) is 3.14. The van der Waals surface area contributed by atoms with E-state index in [1.807, 2.05) is 0 Å². The van der Waals surface area contributed by atoms with E-state index in [9.17, 15) is 27.6 Å². The summed E-state index contributed by atoms with van der Waals surface area (Å²) in [5.41, 5.74) is -1.03. The zero-order valence-electron chi connectivity index (χ0n) is 21.1. The fraction of sp³-hybridized carbons (Fsp3) is 0.640. The van der Waals surface area contributed by atoms with Crippen LogP contribution in [0.2, 0.25) is 0 Å². The molecule has 7 nitrogen and oxygen atoms in total. The number of amides is 2. The van der Waals surface area contributed by atoms with Crippen LogP contribution in [0.25, 0.3) is 0 Å². The van der Waals surface area contributed by atoms with E-state index in [2.05, 4.69) is 5.32 Å². The minimum absolute atomic E-state index is 0.0256. The lowest BCUT2D eigenvalue weighted by Gasteiger charge is -2.37. The number of likely N-dealkylation sites (N-methyl/N-ethyl adjacent to an activating group) is 2. The molecule has 10 heteroatoms. The smallest absolute Gasteiger partial charge is 0.416 e. The lowest BCUT2D eigenvalue weighted by atomic mass is 9.97. The van der Waals surface area contributed by atoms with Gasteiger partial charge in [0.1, 0.15) is 18.2 Å². The molecule has 1 aromatic carbocycles. The summed E-state index contributed by atoms with van der Waals surface area (Å²) in [6.07, 6.45) is -1.36. The second-order valence-electron chi connectivity index (χ2n) is 9.92. The first kappa shape index (κ1) is 28.6. The third kappa shape index (κ3) is 8.52. The summed E-state index contributed by atoms with van der Waals surface area (Å²) in [6.45, 7) is 5.19. The van der Waals surface area contributed by atoms with Crippen LogP contribution in [0.15, 0.2) is 24.3 Å². The molecule has 35 heavy (non-hydrogen) atoms. The minimum atomic E-state index is -4.47. The van der Waals surface area contributed by atoms with E-state index < -0.39 is 41.3 Å². The molecule has 2 atom stereocenters. The second kappa shape index (κ2) is 11.9. The molecule has 2 rings (SSSR count). The van der Waals surface area contributed by atoms with E-state index in [0.29, 0.717) is 24.9 Å². The predicted octanol–water partition coefficient (Wildman–Crippen LogP) is 3.41. The summed E-state index contributed by atoms with van der Waals surface area (Å²) in [5, 5.41) is 3.01. The summed E-state index contributed by atoms with van der Waals surface area (Å²) in [5.74, 6) is -1.30. The van der Waals surface area contributed by atoms with Gasteiger partial charge < -0.3 is 19.9 Å². The Bertz CT molecular complexity index is 881. The molecule has 0 spiro atoms. The fourth-order valence-corrected chi connectivity index (χ4v) is 4.10. The predicted molar refractivity (Wildman–Crippen MR) is 125 cm³/mol. The van der Waals surface area contributed by atoms with Crippen LogP contribution in [0, 0.1) is 0 Å². The highest BCUT2D eigenvalue weighted by Crippen LogP contribution is 2.29. The topological polar surface area (TPSA) is 79.0 Å². The Morgan fingerprint density at radius 3 is 2.31 bits per heavy atom. The van der Waals surface area contributed by atoms with Crippen LogP contribution in [0.3, 0.4) is 0 Å². The van der Waals surface area contributed by atoms with E-state index in [1.165, 1.54) is 29.0 Å². The van der Waals surface area contributed by atoms with Crippen LogP contribution in [0.5, 0.6) is 0 Å². The van der Waals surface area contributed by atoms with Gasteiger partial charge in [0.2, 0.25) is 11.8 Å². The molecule has 1 fully saturated rings.